The van der Waals surface area contributed by atoms with E-state index in [0.29, 0.717) is 32.8 Å². The Balaban J connectivity index is 0.000000641. The van der Waals surface area contributed by atoms with E-state index in [4.69, 9.17) is 24.5 Å². The summed E-state index contributed by atoms with van der Waals surface area (Å²) in [5.74, 6) is -3.28. The number of benzene rings is 1. The molecule has 2 aliphatic rings. The molecule has 10 nitrogen and oxygen atoms in total. The number of likely N-dealkylation sites (tertiary alicyclic amines) is 1. The zero-order valence-corrected chi connectivity index (χ0v) is 20.4. The molecule has 2 fully saturated rings. The van der Waals surface area contributed by atoms with Crippen LogP contribution < -0.4 is 0 Å². The van der Waals surface area contributed by atoms with Crippen LogP contribution in [0.15, 0.2) is 35.9 Å². The lowest BCUT2D eigenvalue weighted by Gasteiger charge is -2.38. The summed E-state index contributed by atoms with van der Waals surface area (Å²) in [5.41, 5.74) is 2.58. The van der Waals surface area contributed by atoms with Crippen LogP contribution in [0.2, 0.25) is 0 Å². The summed E-state index contributed by atoms with van der Waals surface area (Å²) in [4.78, 5) is 49.0. The highest BCUT2D eigenvalue weighted by Crippen LogP contribution is 2.22. The zero-order chi connectivity index (χ0) is 25.8. The van der Waals surface area contributed by atoms with E-state index in [1.54, 1.807) is 4.90 Å². The number of carboxylic acid groups (broad SMARTS) is 2. The molecule has 0 radical (unpaired) electrons. The number of nitrogens with zero attached hydrogens (tertiary/aromatic N) is 3. The number of rotatable bonds is 5. The van der Waals surface area contributed by atoms with Gasteiger partial charge < -0.3 is 24.7 Å². The van der Waals surface area contributed by atoms with Crippen LogP contribution in [0.4, 0.5) is 4.79 Å². The summed E-state index contributed by atoms with van der Waals surface area (Å²) in [6.45, 7) is 9.58. The molecule has 2 saturated heterocycles. The fourth-order valence-electron chi connectivity index (χ4n) is 4.15. The lowest BCUT2D eigenvalue weighted by Crippen LogP contribution is -2.53. The predicted molar refractivity (Wildman–Crippen MR) is 130 cm³/mol. The molecular formula is C25H35N3O7. The molecule has 1 aromatic carbocycles. The van der Waals surface area contributed by atoms with Crippen LogP contribution in [0.25, 0.3) is 6.08 Å². The van der Waals surface area contributed by atoms with Crippen molar-refractivity contribution in [2.24, 2.45) is 5.92 Å². The van der Waals surface area contributed by atoms with E-state index in [1.165, 1.54) is 11.1 Å². The minimum Gasteiger partial charge on any atom is -0.473 e. The first kappa shape index (κ1) is 27.8. The van der Waals surface area contributed by atoms with Crippen molar-refractivity contribution >= 4 is 30.0 Å². The fraction of sp³-hybridized carbons (Fsp3) is 0.520. The number of carboxylic acids is 2. The molecule has 0 bridgehead atoms. The number of carbonyl (C=O) groups is 4. The summed E-state index contributed by atoms with van der Waals surface area (Å²) in [7, 11) is 0. The van der Waals surface area contributed by atoms with Gasteiger partial charge in [0.2, 0.25) is 5.91 Å². The van der Waals surface area contributed by atoms with Gasteiger partial charge >= 0.3 is 18.0 Å². The van der Waals surface area contributed by atoms with Crippen molar-refractivity contribution in [1.82, 2.24) is 14.7 Å². The molecule has 0 unspecified atom stereocenters. The fourth-order valence-corrected chi connectivity index (χ4v) is 4.15. The quantitative estimate of drug-likeness (QED) is 0.603. The molecule has 0 atom stereocenters. The number of piperidine rings is 1. The highest BCUT2D eigenvalue weighted by atomic mass is 16.6. The van der Waals surface area contributed by atoms with Crippen LogP contribution in [0.1, 0.15) is 32.3 Å². The number of aliphatic carboxylic acids is 2. The van der Waals surface area contributed by atoms with E-state index < -0.39 is 11.9 Å². The molecule has 0 aliphatic carbocycles. The van der Waals surface area contributed by atoms with Gasteiger partial charge in [-0.1, -0.05) is 42.0 Å². The summed E-state index contributed by atoms with van der Waals surface area (Å²) in [6.07, 6.45) is 3.79. The Morgan fingerprint density at radius 2 is 1.46 bits per heavy atom. The van der Waals surface area contributed by atoms with Crippen LogP contribution in [-0.4, -0.2) is 101 Å². The molecule has 35 heavy (non-hydrogen) atoms. The van der Waals surface area contributed by atoms with E-state index in [9.17, 15) is 9.59 Å². The lowest BCUT2D eigenvalue weighted by atomic mass is 9.94. The Hall–Kier alpha value is -3.40. The van der Waals surface area contributed by atoms with Gasteiger partial charge in [-0.3, -0.25) is 9.69 Å². The number of carbonyl (C=O) groups excluding carboxylic acids is 2. The van der Waals surface area contributed by atoms with E-state index in [-0.39, 0.29) is 17.9 Å². The third kappa shape index (κ3) is 9.40. The SMILES string of the molecule is CCOC(=O)N1CCN(C(=O)C2CCN(C/C(C)=C/c3ccccc3)CC2)CC1.O=C(O)C(=O)O. The normalized spacial score (nSPS) is 17.3. The van der Waals surface area contributed by atoms with Gasteiger partial charge in [0.1, 0.15) is 0 Å². The minimum atomic E-state index is -1.82. The number of hydrogen-bond donors (Lipinski definition) is 2. The van der Waals surface area contributed by atoms with E-state index >= 15 is 0 Å². The Morgan fingerprint density at radius 3 is 1.97 bits per heavy atom. The van der Waals surface area contributed by atoms with Crippen molar-refractivity contribution < 1.29 is 34.1 Å². The standard InChI is InChI=1S/C23H33N3O3.C2H2O4/c1-3-29-23(28)26-15-13-25(14-16-26)22(27)21-9-11-24(12-10-21)18-19(2)17-20-7-5-4-6-8-20;3-1(4)2(5)6/h4-8,17,21H,3,9-16,18H2,1-2H3;(H,3,4)(H,5,6)/b19-17+;. The van der Waals surface area contributed by atoms with Crippen molar-refractivity contribution in [2.45, 2.75) is 26.7 Å². The number of ether oxygens (including phenoxy) is 1. The monoisotopic (exact) mass is 489 g/mol. The highest BCUT2D eigenvalue weighted by Gasteiger charge is 2.31. The smallest absolute Gasteiger partial charge is 0.414 e. The molecule has 2 aliphatic heterocycles. The predicted octanol–water partition coefficient (Wildman–Crippen LogP) is 2.26. The molecule has 2 N–H and O–H groups in total. The van der Waals surface area contributed by atoms with Gasteiger partial charge in [0, 0.05) is 38.6 Å². The molecule has 2 heterocycles. The molecule has 10 heteroatoms. The van der Waals surface area contributed by atoms with E-state index in [1.807, 2.05) is 17.9 Å². The Kier molecular flexibility index (Phi) is 11.2. The molecule has 2 amide bonds. The highest BCUT2D eigenvalue weighted by molar-refractivity contribution is 6.27. The summed E-state index contributed by atoms with van der Waals surface area (Å²) < 4.78 is 5.05. The number of piperazine rings is 1. The van der Waals surface area contributed by atoms with Gasteiger partial charge in [0.15, 0.2) is 0 Å². The molecule has 0 aromatic heterocycles. The van der Waals surface area contributed by atoms with Gasteiger partial charge in [0.05, 0.1) is 6.61 Å². The minimum absolute atomic E-state index is 0.110. The van der Waals surface area contributed by atoms with E-state index in [2.05, 4.69) is 42.2 Å². The Bertz CT molecular complexity index is 876. The lowest BCUT2D eigenvalue weighted by molar-refractivity contribution is -0.159. The Morgan fingerprint density at radius 1 is 0.914 bits per heavy atom. The van der Waals surface area contributed by atoms with Gasteiger partial charge in [-0.15, -0.1) is 0 Å². The molecule has 1 aromatic rings. The number of hydrogen-bond acceptors (Lipinski definition) is 6. The van der Waals surface area contributed by atoms with Crippen LogP contribution in [0.5, 0.6) is 0 Å². The molecule has 0 saturated carbocycles. The third-order valence-corrected chi connectivity index (χ3v) is 5.92. The second-order valence-electron chi connectivity index (χ2n) is 8.57. The van der Waals surface area contributed by atoms with Crippen LogP contribution in [0.3, 0.4) is 0 Å². The Labute approximate surface area is 205 Å². The second-order valence-corrected chi connectivity index (χ2v) is 8.57. The average molecular weight is 490 g/mol. The van der Waals surface area contributed by atoms with Crippen molar-refractivity contribution in [1.29, 1.82) is 0 Å². The average Bonchev–Trinajstić information content (AvgIpc) is 2.85. The first-order chi connectivity index (χ1) is 16.7. The van der Waals surface area contributed by atoms with Crippen LogP contribution in [0, 0.1) is 5.92 Å². The van der Waals surface area contributed by atoms with Crippen molar-refractivity contribution in [2.75, 3.05) is 52.4 Å². The summed E-state index contributed by atoms with van der Waals surface area (Å²) in [6, 6.07) is 10.4. The third-order valence-electron chi connectivity index (χ3n) is 5.92. The summed E-state index contributed by atoms with van der Waals surface area (Å²) in [5, 5.41) is 14.8. The van der Waals surface area contributed by atoms with E-state index in [0.717, 1.165) is 32.5 Å². The van der Waals surface area contributed by atoms with Crippen LogP contribution in [-0.2, 0) is 19.1 Å². The summed E-state index contributed by atoms with van der Waals surface area (Å²) >= 11 is 0. The second kappa shape index (κ2) is 14.1. The van der Waals surface area contributed by atoms with Gasteiger partial charge in [-0.2, -0.15) is 0 Å². The van der Waals surface area contributed by atoms with Gasteiger partial charge in [0.25, 0.3) is 0 Å². The van der Waals surface area contributed by atoms with Gasteiger partial charge in [-0.05, 0) is 45.3 Å². The van der Waals surface area contributed by atoms with Crippen molar-refractivity contribution in [3.05, 3.63) is 41.5 Å². The molecular weight excluding hydrogens is 454 g/mol. The largest absolute Gasteiger partial charge is 0.473 e. The maximum absolute atomic E-state index is 12.9. The maximum Gasteiger partial charge on any atom is 0.414 e. The molecule has 0 spiro atoms. The molecule has 3 rings (SSSR count). The maximum atomic E-state index is 12.9. The van der Waals surface area contributed by atoms with Crippen molar-refractivity contribution in [3.8, 4) is 0 Å². The van der Waals surface area contributed by atoms with Crippen LogP contribution >= 0.6 is 0 Å². The van der Waals surface area contributed by atoms with Crippen molar-refractivity contribution in [3.63, 3.8) is 0 Å². The zero-order valence-electron chi connectivity index (χ0n) is 20.4. The first-order valence-corrected chi connectivity index (χ1v) is 11.8. The first-order valence-electron chi connectivity index (χ1n) is 11.8. The number of amides is 2. The topological polar surface area (TPSA) is 128 Å². The van der Waals surface area contributed by atoms with Gasteiger partial charge in [-0.25, -0.2) is 14.4 Å². The molecule has 192 valence electrons.